The van der Waals surface area contributed by atoms with Gasteiger partial charge in [0.15, 0.2) is 0 Å². The zero-order chi connectivity index (χ0) is 19.9. The van der Waals surface area contributed by atoms with Crippen LogP contribution in [0, 0.1) is 11.3 Å². The molecule has 1 fully saturated rings. The molecular formula is C18H16F3N7. The number of fused-ring (bicyclic) bond motifs is 1. The Morgan fingerprint density at radius 3 is 2.86 bits per heavy atom. The topological polar surface area (TPSA) is 108 Å². The number of aromatic amines is 1. The highest BCUT2D eigenvalue weighted by Crippen LogP contribution is 2.35. The lowest BCUT2D eigenvalue weighted by molar-refractivity contribution is -0.137. The highest BCUT2D eigenvalue weighted by atomic mass is 19.4. The minimum atomic E-state index is -4.52. The molecule has 1 atom stereocenters. The molecule has 0 radical (unpaired) electrons. The smallest absolute Gasteiger partial charge is 0.345 e. The Labute approximate surface area is 158 Å². The number of nitrogens with zero attached hydrogens (tertiary/aromatic N) is 5. The first-order valence-electron chi connectivity index (χ1n) is 8.71. The fourth-order valence-corrected chi connectivity index (χ4v) is 3.50. The van der Waals surface area contributed by atoms with E-state index < -0.39 is 11.7 Å². The van der Waals surface area contributed by atoms with E-state index >= 15 is 0 Å². The number of nitrogens with two attached hydrogens (primary N) is 1. The molecule has 3 aromatic heterocycles. The summed E-state index contributed by atoms with van der Waals surface area (Å²) < 4.78 is 39.3. The summed E-state index contributed by atoms with van der Waals surface area (Å²) in [6.45, 7) is 1.19. The van der Waals surface area contributed by atoms with Crippen molar-refractivity contribution in [2.75, 3.05) is 18.0 Å². The van der Waals surface area contributed by atoms with E-state index in [0.29, 0.717) is 18.1 Å². The van der Waals surface area contributed by atoms with E-state index in [1.54, 1.807) is 0 Å². The molecule has 144 valence electrons. The average molecular weight is 387 g/mol. The first-order valence-corrected chi connectivity index (χ1v) is 8.71. The van der Waals surface area contributed by atoms with Crippen LogP contribution in [-0.4, -0.2) is 39.1 Å². The molecule has 0 aromatic carbocycles. The molecule has 4 rings (SSSR count). The van der Waals surface area contributed by atoms with Gasteiger partial charge >= 0.3 is 6.18 Å². The molecule has 0 saturated carbocycles. The maximum atomic E-state index is 13.1. The summed E-state index contributed by atoms with van der Waals surface area (Å²) in [5, 5.41) is 9.70. The second-order valence-corrected chi connectivity index (χ2v) is 6.59. The van der Waals surface area contributed by atoms with E-state index in [1.165, 1.54) is 12.4 Å². The molecular weight excluding hydrogens is 371 g/mol. The van der Waals surface area contributed by atoms with Gasteiger partial charge in [-0.3, -0.25) is 0 Å². The number of aromatic nitrogens is 4. The van der Waals surface area contributed by atoms with Crippen molar-refractivity contribution in [1.82, 2.24) is 19.9 Å². The Morgan fingerprint density at radius 1 is 1.32 bits per heavy atom. The zero-order valence-electron chi connectivity index (χ0n) is 14.7. The summed E-state index contributed by atoms with van der Waals surface area (Å²) in [6.07, 6.45) is 1.02. The van der Waals surface area contributed by atoms with Crippen molar-refractivity contribution in [2.24, 2.45) is 5.73 Å². The molecule has 7 nitrogen and oxygen atoms in total. The van der Waals surface area contributed by atoms with Crippen molar-refractivity contribution in [1.29, 1.82) is 5.26 Å². The SMILES string of the molecule is N#Cc1cnc(N2CCC[C@@H]2CN)nc1-c1c[nH]c2ncc(C(F)(F)F)cc12. The van der Waals surface area contributed by atoms with Crippen LogP contribution in [0.15, 0.2) is 24.7 Å². The van der Waals surface area contributed by atoms with E-state index in [-0.39, 0.29) is 28.3 Å². The fraction of sp³-hybridized carbons (Fsp3) is 0.333. The largest absolute Gasteiger partial charge is 0.417 e. The number of H-pyrrole nitrogens is 1. The molecule has 10 heteroatoms. The summed E-state index contributed by atoms with van der Waals surface area (Å²) in [4.78, 5) is 17.4. The Bertz CT molecular complexity index is 1070. The van der Waals surface area contributed by atoms with Crippen molar-refractivity contribution >= 4 is 17.0 Å². The quantitative estimate of drug-likeness (QED) is 0.716. The third-order valence-corrected chi connectivity index (χ3v) is 4.92. The zero-order valence-corrected chi connectivity index (χ0v) is 14.7. The van der Waals surface area contributed by atoms with Gasteiger partial charge in [0, 0.05) is 42.5 Å². The third kappa shape index (κ3) is 3.03. The Hall–Kier alpha value is -3.19. The van der Waals surface area contributed by atoms with Gasteiger partial charge < -0.3 is 15.6 Å². The number of pyridine rings is 1. The normalized spacial score (nSPS) is 17.2. The van der Waals surface area contributed by atoms with E-state index in [0.717, 1.165) is 31.6 Å². The van der Waals surface area contributed by atoms with Crippen LogP contribution in [-0.2, 0) is 6.18 Å². The van der Waals surface area contributed by atoms with E-state index in [2.05, 4.69) is 19.9 Å². The monoisotopic (exact) mass is 387 g/mol. The first-order chi connectivity index (χ1) is 13.4. The van der Waals surface area contributed by atoms with Crippen LogP contribution in [0.5, 0.6) is 0 Å². The summed E-state index contributed by atoms with van der Waals surface area (Å²) in [5.41, 5.74) is 6.04. The molecule has 1 aliphatic rings. The van der Waals surface area contributed by atoms with Crippen LogP contribution in [0.3, 0.4) is 0 Å². The summed E-state index contributed by atoms with van der Waals surface area (Å²) in [7, 11) is 0. The van der Waals surface area contributed by atoms with Crippen LogP contribution < -0.4 is 10.6 Å². The van der Waals surface area contributed by atoms with Crippen LogP contribution in [0.1, 0.15) is 24.0 Å². The minimum absolute atomic E-state index is 0.0993. The second-order valence-electron chi connectivity index (χ2n) is 6.59. The molecule has 28 heavy (non-hydrogen) atoms. The van der Waals surface area contributed by atoms with Crippen LogP contribution in [0.2, 0.25) is 0 Å². The molecule has 1 saturated heterocycles. The highest BCUT2D eigenvalue weighted by Gasteiger charge is 2.32. The van der Waals surface area contributed by atoms with Crippen LogP contribution >= 0.6 is 0 Å². The maximum Gasteiger partial charge on any atom is 0.417 e. The molecule has 3 N–H and O–H groups in total. The average Bonchev–Trinajstić information content (AvgIpc) is 3.33. The van der Waals surface area contributed by atoms with Crippen LogP contribution in [0.25, 0.3) is 22.3 Å². The van der Waals surface area contributed by atoms with Gasteiger partial charge in [-0.2, -0.15) is 18.4 Å². The first kappa shape index (κ1) is 18.2. The number of nitrogens with one attached hydrogen (secondary N) is 1. The summed E-state index contributed by atoms with van der Waals surface area (Å²) >= 11 is 0. The number of rotatable bonds is 3. The van der Waals surface area contributed by atoms with Crippen LogP contribution in [0.4, 0.5) is 19.1 Å². The number of nitriles is 1. The lowest BCUT2D eigenvalue weighted by Crippen LogP contribution is -2.36. The molecule has 0 amide bonds. The highest BCUT2D eigenvalue weighted by molar-refractivity contribution is 5.94. The number of alkyl halides is 3. The maximum absolute atomic E-state index is 13.1. The predicted molar refractivity (Wildman–Crippen MR) is 96.3 cm³/mol. The van der Waals surface area contributed by atoms with E-state index in [1.807, 2.05) is 11.0 Å². The van der Waals surface area contributed by atoms with Gasteiger partial charge in [0.05, 0.1) is 23.0 Å². The molecule has 0 bridgehead atoms. The Morgan fingerprint density at radius 2 is 2.14 bits per heavy atom. The van der Waals surface area contributed by atoms with Gasteiger partial charge in [0.2, 0.25) is 5.95 Å². The number of hydrogen-bond acceptors (Lipinski definition) is 6. The summed E-state index contributed by atoms with van der Waals surface area (Å²) in [5.74, 6) is 0.413. The summed E-state index contributed by atoms with van der Waals surface area (Å²) in [6, 6.07) is 3.12. The third-order valence-electron chi connectivity index (χ3n) is 4.92. The van der Waals surface area contributed by atoms with Crippen molar-refractivity contribution in [3.05, 3.63) is 35.8 Å². The van der Waals surface area contributed by atoms with Gasteiger partial charge in [0.25, 0.3) is 0 Å². The standard InChI is InChI=1S/C18H16F3N7/c19-18(20,21)11-4-13-14(9-25-16(13)24-8-11)15-10(5-22)7-26-17(27-15)28-3-1-2-12(28)6-23/h4,7-9,12H,1-3,6,23H2,(H,24,25)/t12-/m1/s1. The van der Waals surface area contributed by atoms with Crippen molar-refractivity contribution in [3.63, 3.8) is 0 Å². The molecule has 0 unspecified atom stereocenters. The number of anilines is 1. The lowest BCUT2D eigenvalue weighted by Gasteiger charge is -2.23. The van der Waals surface area contributed by atoms with Crippen molar-refractivity contribution in [3.8, 4) is 17.3 Å². The predicted octanol–water partition coefficient (Wildman–Crippen LogP) is 2.84. The lowest BCUT2D eigenvalue weighted by atomic mass is 10.1. The van der Waals surface area contributed by atoms with E-state index in [4.69, 9.17) is 5.73 Å². The van der Waals surface area contributed by atoms with Gasteiger partial charge in [-0.05, 0) is 18.9 Å². The molecule has 4 heterocycles. The fourth-order valence-electron chi connectivity index (χ4n) is 3.50. The Balaban J connectivity index is 1.86. The number of hydrogen-bond donors (Lipinski definition) is 2. The number of halogens is 3. The molecule has 3 aromatic rings. The molecule has 1 aliphatic heterocycles. The van der Waals surface area contributed by atoms with Gasteiger partial charge in [0.1, 0.15) is 11.7 Å². The van der Waals surface area contributed by atoms with Crippen molar-refractivity contribution < 1.29 is 13.2 Å². The van der Waals surface area contributed by atoms with E-state index in [9.17, 15) is 18.4 Å². The second kappa shape index (κ2) is 6.76. The molecule has 0 spiro atoms. The Kier molecular flexibility index (Phi) is 4.39. The van der Waals surface area contributed by atoms with Gasteiger partial charge in [-0.15, -0.1) is 0 Å². The minimum Gasteiger partial charge on any atom is -0.345 e. The van der Waals surface area contributed by atoms with Crippen molar-refractivity contribution in [2.45, 2.75) is 25.1 Å². The van der Waals surface area contributed by atoms with Gasteiger partial charge in [-0.1, -0.05) is 0 Å². The van der Waals surface area contributed by atoms with Gasteiger partial charge in [-0.25, -0.2) is 15.0 Å². The molecule has 0 aliphatic carbocycles.